The van der Waals surface area contributed by atoms with Crippen LogP contribution in [0.2, 0.25) is 5.02 Å². The van der Waals surface area contributed by atoms with Gasteiger partial charge in [0.15, 0.2) is 0 Å². The zero-order valence-corrected chi connectivity index (χ0v) is 16.6. The summed E-state index contributed by atoms with van der Waals surface area (Å²) in [6.07, 6.45) is 0.438. The summed E-state index contributed by atoms with van der Waals surface area (Å²) in [5.41, 5.74) is 3.12. The molecular weight excluding hydrogens is 370 g/mol. The molecule has 0 spiro atoms. The second-order valence-electron chi connectivity index (χ2n) is 6.28. The number of carboxylic acid groups (broad SMARTS) is 1. The van der Waals surface area contributed by atoms with E-state index in [0.717, 1.165) is 5.56 Å². The zero-order chi connectivity index (χ0) is 20.3. The van der Waals surface area contributed by atoms with Crippen molar-refractivity contribution in [1.29, 1.82) is 0 Å². The monoisotopic (exact) mass is 391 g/mol. The first kappa shape index (κ1) is 20.5. The van der Waals surface area contributed by atoms with Gasteiger partial charge in [-0.1, -0.05) is 17.7 Å². The number of methoxy groups -OCH3 is 1. The number of carbonyl (C=O) groups excluding carboxylic acids is 1. The largest absolute Gasteiger partial charge is 0.496 e. The van der Waals surface area contributed by atoms with Crippen LogP contribution in [0.5, 0.6) is 5.75 Å². The highest BCUT2D eigenvalue weighted by Gasteiger charge is 2.22. The number of hydrogen-bond donors (Lipinski definition) is 2. The molecule has 2 amide bonds. The number of halogens is 1. The summed E-state index contributed by atoms with van der Waals surface area (Å²) in [5.74, 6) is 0.308. The molecule has 1 aromatic heterocycles. The van der Waals surface area contributed by atoms with Gasteiger partial charge in [0.1, 0.15) is 11.4 Å². The van der Waals surface area contributed by atoms with E-state index in [1.54, 1.807) is 45.4 Å². The molecule has 2 N–H and O–H groups in total. The van der Waals surface area contributed by atoms with Gasteiger partial charge in [-0.3, -0.25) is 9.78 Å². The van der Waals surface area contributed by atoms with Crippen molar-refractivity contribution >= 4 is 23.6 Å². The van der Waals surface area contributed by atoms with Gasteiger partial charge in [-0.15, -0.1) is 0 Å². The summed E-state index contributed by atoms with van der Waals surface area (Å²) in [6.45, 7) is 3.55. The summed E-state index contributed by atoms with van der Waals surface area (Å²) in [4.78, 5) is 28.7. The minimum absolute atomic E-state index is 0.198. The van der Waals surface area contributed by atoms with E-state index in [-0.39, 0.29) is 5.91 Å². The summed E-state index contributed by atoms with van der Waals surface area (Å²) < 4.78 is 5.59. The van der Waals surface area contributed by atoms with Crippen LogP contribution in [0.15, 0.2) is 24.4 Å². The van der Waals surface area contributed by atoms with Crippen molar-refractivity contribution < 1.29 is 19.4 Å². The molecule has 144 valence electrons. The lowest BCUT2D eigenvalue weighted by Gasteiger charge is -2.21. The van der Waals surface area contributed by atoms with Crippen molar-refractivity contribution in [3.8, 4) is 16.9 Å². The molecule has 2 aromatic rings. The highest BCUT2D eigenvalue weighted by atomic mass is 35.5. The molecule has 7 nitrogen and oxygen atoms in total. The molecule has 1 aromatic carbocycles. The number of aromatic nitrogens is 1. The van der Waals surface area contributed by atoms with Crippen LogP contribution >= 0.6 is 11.6 Å². The zero-order valence-electron chi connectivity index (χ0n) is 15.8. The van der Waals surface area contributed by atoms with Gasteiger partial charge in [0, 0.05) is 42.0 Å². The number of carbonyl (C=O) groups is 2. The van der Waals surface area contributed by atoms with E-state index in [9.17, 15) is 9.59 Å². The molecule has 0 fully saturated rings. The van der Waals surface area contributed by atoms with Crippen LogP contribution < -0.4 is 10.1 Å². The highest BCUT2D eigenvalue weighted by Crippen LogP contribution is 2.42. The molecule has 0 aliphatic rings. The smallest absolute Gasteiger partial charge is 0.405 e. The standard InChI is InChI=1S/C19H22ClN3O4/c1-10-14(20)8-13(11(2)22-19(25)26)17(27-5)16(10)12-6-7-15(21-9-12)18(24)23(3)4/h6-9,11,22H,1-5H3,(H,25,26). The topological polar surface area (TPSA) is 91.8 Å². The van der Waals surface area contributed by atoms with E-state index in [0.29, 0.717) is 33.2 Å². The van der Waals surface area contributed by atoms with E-state index in [1.165, 1.54) is 12.0 Å². The van der Waals surface area contributed by atoms with Crippen molar-refractivity contribution in [2.75, 3.05) is 21.2 Å². The Kier molecular flexibility index (Phi) is 6.28. The van der Waals surface area contributed by atoms with Crippen LogP contribution in [0.4, 0.5) is 4.79 Å². The second kappa shape index (κ2) is 8.26. The molecule has 0 radical (unpaired) electrons. The van der Waals surface area contributed by atoms with Gasteiger partial charge in [0.25, 0.3) is 5.91 Å². The van der Waals surface area contributed by atoms with Gasteiger partial charge < -0.3 is 20.1 Å². The summed E-state index contributed by atoms with van der Waals surface area (Å²) in [5, 5.41) is 11.9. The number of ether oxygens (including phenoxy) is 1. The molecule has 27 heavy (non-hydrogen) atoms. The summed E-state index contributed by atoms with van der Waals surface area (Å²) in [7, 11) is 4.83. The Hall–Kier alpha value is -2.80. The predicted molar refractivity (Wildman–Crippen MR) is 104 cm³/mol. The Labute approximate surface area is 162 Å². The van der Waals surface area contributed by atoms with Crippen LogP contribution in [-0.2, 0) is 0 Å². The van der Waals surface area contributed by atoms with Crippen molar-refractivity contribution in [3.05, 3.63) is 46.2 Å². The molecule has 0 saturated carbocycles. The van der Waals surface area contributed by atoms with Gasteiger partial charge in [-0.2, -0.15) is 0 Å². The predicted octanol–water partition coefficient (Wildman–Crippen LogP) is 3.75. The summed E-state index contributed by atoms with van der Waals surface area (Å²) in [6, 6.07) is 4.56. The molecular formula is C19H22ClN3O4. The van der Waals surface area contributed by atoms with E-state index >= 15 is 0 Å². The Morgan fingerprint density at radius 1 is 1.33 bits per heavy atom. The van der Waals surface area contributed by atoms with Gasteiger partial charge >= 0.3 is 6.09 Å². The van der Waals surface area contributed by atoms with Crippen molar-refractivity contribution in [3.63, 3.8) is 0 Å². The second-order valence-corrected chi connectivity index (χ2v) is 6.69. The maximum Gasteiger partial charge on any atom is 0.405 e. The average Bonchev–Trinajstić information content (AvgIpc) is 2.62. The number of rotatable bonds is 5. The first-order chi connectivity index (χ1) is 12.7. The van der Waals surface area contributed by atoms with Crippen molar-refractivity contribution in [2.24, 2.45) is 0 Å². The van der Waals surface area contributed by atoms with E-state index < -0.39 is 12.1 Å². The normalized spacial score (nSPS) is 11.6. The van der Waals surface area contributed by atoms with Crippen LogP contribution in [0.1, 0.15) is 34.6 Å². The first-order valence-electron chi connectivity index (χ1n) is 8.21. The lowest BCUT2D eigenvalue weighted by atomic mass is 9.94. The van der Waals surface area contributed by atoms with Gasteiger partial charge in [0.05, 0.1) is 13.2 Å². The maximum absolute atomic E-state index is 12.0. The first-order valence-corrected chi connectivity index (χ1v) is 8.59. The van der Waals surface area contributed by atoms with Crippen molar-refractivity contribution in [1.82, 2.24) is 15.2 Å². The number of nitrogens with one attached hydrogen (secondary N) is 1. The van der Waals surface area contributed by atoms with Gasteiger partial charge in [0.2, 0.25) is 0 Å². The molecule has 0 aliphatic carbocycles. The van der Waals surface area contributed by atoms with Crippen molar-refractivity contribution in [2.45, 2.75) is 19.9 Å². The number of benzene rings is 1. The van der Waals surface area contributed by atoms with Crippen LogP contribution in [0.25, 0.3) is 11.1 Å². The minimum atomic E-state index is -1.14. The van der Waals surface area contributed by atoms with Crippen LogP contribution in [0.3, 0.4) is 0 Å². The molecule has 1 unspecified atom stereocenters. The Bertz CT molecular complexity index is 866. The highest BCUT2D eigenvalue weighted by molar-refractivity contribution is 6.32. The van der Waals surface area contributed by atoms with Crippen LogP contribution in [0, 0.1) is 6.92 Å². The number of pyridine rings is 1. The molecule has 8 heteroatoms. The summed E-state index contributed by atoms with van der Waals surface area (Å²) >= 11 is 6.39. The molecule has 1 atom stereocenters. The quantitative estimate of drug-likeness (QED) is 0.809. The third-order valence-corrected chi connectivity index (χ3v) is 4.59. The Morgan fingerprint density at radius 3 is 2.48 bits per heavy atom. The third kappa shape index (κ3) is 4.31. The molecule has 0 saturated heterocycles. The van der Waals surface area contributed by atoms with Gasteiger partial charge in [-0.25, -0.2) is 4.79 Å². The number of hydrogen-bond acceptors (Lipinski definition) is 4. The third-order valence-electron chi connectivity index (χ3n) is 4.19. The Morgan fingerprint density at radius 2 is 2.00 bits per heavy atom. The lowest BCUT2D eigenvalue weighted by Crippen LogP contribution is -2.25. The van der Waals surface area contributed by atoms with E-state index in [4.69, 9.17) is 21.4 Å². The average molecular weight is 392 g/mol. The molecule has 0 bridgehead atoms. The SMILES string of the molecule is COc1c(C(C)NC(=O)O)cc(Cl)c(C)c1-c1ccc(C(=O)N(C)C)nc1. The Balaban J connectivity index is 2.60. The lowest BCUT2D eigenvalue weighted by molar-refractivity contribution is 0.0822. The van der Waals surface area contributed by atoms with Crippen LogP contribution in [-0.4, -0.2) is 48.2 Å². The fourth-order valence-electron chi connectivity index (χ4n) is 2.79. The number of amides is 2. The molecule has 0 aliphatic heterocycles. The van der Waals surface area contributed by atoms with E-state index in [2.05, 4.69) is 10.3 Å². The fraction of sp³-hybridized carbons (Fsp3) is 0.316. The van der Waals surface area contributed by atoms with Gasteiger partial charge in [-0.05, 0) is 31.5 Å². The minimum Gasteiger partial charge on any atom is -0.496 e. The molecule has 1 heterocycles. The number of nitrogens with zero attached hydrogens (tertiary/aromatic N) is 2. The molecule has 2 rings (SSSR count). The fourth-order valence-corrected chi connectivity index (χ4v) is 3.01. The maximum atomic E-state index is 12.0. The van der Waals surface area contributed by atoms with E-state index in [1.807, 2.05) is 6.92 Å².